The first-order valence-corrected chi connectivity index (χ1v) is 8.65. The monoisotopic (exact) mass is 377 g/mol. The van der Waals surface area contributed by atoms with Gasteiger partial charge in [-0.3, -0.25) is 4.79 Å². The minimum Gasteiger partial charge on any atom is -0.350 e. The molecule has 1 aromatic heterocycles. The molecule has 0 aliphatic carbocycles. The summed E-state index contributed by atoms with van der Waals surface area (Å²) in [5.41, 5.74) is 2.66. The Morgan fingerprint density at radius 1 is 1.07 bits per heavy atom. The number of amides is 1. The maximum absolute atomic E-state index is 12.3. The molecule has 134 valence electrons. The van der Waals surface area contributed by atoms with Crippen LogP contribution in [0.25, 0.3) is 0 Å². The molecule has 7 heteroatoms. The van der Waals surface area contributed by atoms with Crippen LogP contribution < -0.4 is 10.6 Å². The zero-order valence-corrected chi connectivity index (χ0v) is 15.1. The second kappa shape index (κ2) is 8.79. The van der Waals surface area contributed by atoms with Gasteiger partial charge in [0.15, 0.2) is 0 Å². The van der Waals surface area contributed by atoms with E-state index in [1.807, 2.05) is 24.3 Å². The molecule has 0 atom stereocenters. The smallest absolute Gasteiger partial charge is 0.270 e. The number of rotatable bonds is 6. The van der Waals surface area contributed by atoms with E-state index in [9.17, 15) is 4.79 Å². The van der Waals surface area contributed by atoms with E-state index in [1.165, 1.54) is 6.20 Å². The maximum atomic E-state index is 12.3. The number of nitrogens with zero attached hydrogens (tertiary/aromatic N) is 3. The molecule has 0 fully saturated rings. The molecule has 2 aromatic carbocycles. The van der Waals surface area contributed by atoms with Crippen molar-refractivity contribution in [3.63, 3.8) is 0 Å². The molecule has 0 aliphatic heterocycles. The summed E-state index contributed by atoms with van der Waals surface area (Å²) in [5.74, 6) is 0.0410. The van der Waals surface area contributed by atoms with Gasteiger partial charge >= 0.3 is 0 Å². The van der Waals surface area contributed by atoms with Crippen molar-refractivity contribution in [1.82, 2.24) is 15.3 Å². The van der Waals surface area contributed by atoms with E-state index < -0.39 is 0 Å². The SMILES string of the molecule is N#Cc1ccc(Nc2nccc(C(=O)NCCc3ccc(Cl)cc3)n2)cc1. The Hall–Kier alpha value is -3.43. The second-order valence-electron chi connectivity index (χ2n) is 5.71. The first-order valence-electron chi connectivity index (χ1n) is 8.27. The third-order valence-corrected chi connectivity index (χ3v) is 4.02. The summed E-state index contributed by atoms with van der Waals surface area (Å²) in [5, 5.41) is 15.4. The van der Waals surface area contributed by atoms with Gasteiger partial charge in [0, 0.05) is 23.5 Å². The maximum Gasteiger partial charge on any atom is 0.270 e. The molecule has 1 amide bonds. The summed E-state index contributed by atoms with van der Waals surface area (Å²) in [7, 11) is 0. The van der Waals surface area contributed by atoms with E-state index in [-0.39, 0.29) is 11.6 Å². The number of anilines is 2. The van der Waals surface area contributed by atoms with Crippen LogP contribution in [0.2, 0.25) is 5.02 Å². The van der Waals surface area contributed by atoms with Crippen molar-refractivity contribution < 1.29 is 4.79 Å². The summed E-state index contributed by atoms with van der Waals surface area (Å²) in [6.45, 7) is 0.489. The van der Waals surface area contributed by atoms with E-state index in [0.29, 0.717) is 29.5 Å². The molecule has 3 rings (SSSR count). The predicted molar refractivity (Wildman–Crippen MR) is 104 cm³/mol. The van der Waals surface area contributed by atoms with Crippen molar-refractivity contribution in [2.75, 3.05) is 11.9 Å². The number of carbonyl (C=O) groups excluding carboxylic acids is 1. The third kappa shape index (κ3) is 5.27. The Balaban J connectivity index is 1.57. The van der Waals surface area contributed by atoms with Crippen LogP contribution in [-0.2, 0) is 6.42 Å². The Labute approximate surface area is 161 Å². The number of benzene rings is 2. The van der Waals surface area contributed by atoms with Gasteiger partial charge in [-0.15, -0.1) is 0 Å². The first kappa shape index (κ1) is 18.4. The van der Waals surface area contributed by atoms with Crippen molar-refractivity contribution >= 4 is 29.1 Å². The molecular weight excluding hydrogens is 362 g/mol. The number of aromatic nitrogens is 2. The van der Waals surface area contributed by atoms with Gasteiger partial charge in [-0.1, -0.05) is 23.7 Å². The van der Waals surface area contributed by atoms with Gasteiger partial charge in [0.25, 0.3) is 5.91 Å². The van der Waals surface area contributed by atoms with Crippen molar-refractivity contribution in [3.05, 3.63) is 82.6 Å². The Bertz CT molecular complexity index is 965. The van der Waals surface area contributed by atoms with Crippen LogP contribution in [0.1, 0.15) is 21.6 Å². The highest BCUT2D eigenvalue weighted by Gasteiger charge is 2.08. The zero-order valence-electron chi connectivity index (χ0n) is 14.3. The zero-order chi connectivity index (χ0) is 19.1. The predicted octanol–water partition coefficient (Wildman–Crippen LogP) is 3.72. The highest BCUT2D eigenvalue weighted by molar-refractivity contribution is 6.30. The third-order valence-electron chi connectivity index (χ3n) is 3.77. The highest BCUT2D eigenvalue weighted by atomic mass is 35.5. The Morgan fingerprint density at radius 2 is 1.81 bits per heavy atom. The highest BCUT2D eigenvalue weighted by Crippen LogP contribution is 2.14. The van der Waals surface area contributed by atoms with Crippen molar-refractivity contribution in [1.29, 1.82) is 5.26 Å². The van der Waals surface area contributed by atoms with Crippen LogP contribution in [-0.4, -0.2) is 22.4 Å². The van der Waals surface area contributed by atoms with E-state index in [1.54, 1.807) is 30.3 Å². The molecule has 6 nitrogen and oxygen atoms in total. The van der Waals surface area contributed by atoms with E-state index in [4.69, 9.17) is 16.9 Å². The molecule has 0 unspecified atom stereocenters. The summed E-state index contributed by atoms with van der Waals surface area (Å²) < 4.78 is 0. The lowest BCUT2D eigenvalue weighted by Gasteiger charge is -2.08. The molecular formula is C20H16ClN5O. The molecule has 0 radical (unpaired) electrons. The van der Waals surface area contributed by atoms with Crippen LogP contribution in [0.15, 0.2) is 60.8 Å². The van der Waals surface area contributed by atoms with Crippen molar-refractivity contribution in [3.8, 4) is 6.07 Å². The second-order valence-corrected chi connectivity index (χ2v) is 6.15. The summed E-state index contributed by atoms with van der Waals surface area (Å²) >= 11 is 5.86. The number of hydrogen-bond donors (Lipinski definition) is 2. The average molecular weight is 378 g/mol. The van der Waals surface area contributed by atoms with Crippen molar-refractivity contribution in [2.45, 2.75) is 6.42 Å². The van der Waals surface area contributed by atoms with Crippen LogP contribution in [0.3, 0.4) is 0 Å². The number of hydrogen-bond acceptors (Lipinski definition) is 5. The molecule has 0 saturated heterocycles. The fraction of sp³-hybridized carbons (Fsp3) is 0.100. The molecule has 2 N–H and O–H groups in total. The van der Waals surface area contributed by atoms with Crippen molar-refractivity contribution in [2.24, 2.45) is 0 Å². The minimum atomic E-state index is -0.269. The molecule has 0 aliphatic rings. The Morgan fingerprint density at radius 3 is 2.52 bits per heavy atom. The molecule has 0 bridgehead atoms. The van der Waals surface area contributed by atoms with E-state index >= 15 is 0 Å². The normalized spacial score (nSPS) is 10.1. The topological polar surface area (TPSA) is 90.7 Å². The fourth-order valence-corrected chi connectivity index (χ4v) is 2.49. The van der Waals surface area contributed by atoms with Gasteiger partial charge in [-0.25, -0.2) is 9.97 Å². The molecule has 1 heterocycles. The summed E-state index contributed by atoms with van der Waals surface area (Å²) in [4.78, 5) is 20.6. The van der Waals surface area contributed by atoms with Crippen LogP contribution in [0, 0.1) is 11.3 Å². The fourth-order valence-electron chi connectivity index (χ4n) is 2.36. The minimum absolute atomic E-state index is 0.269. The first-order chi connectivity index (χ1) is 13.1. The largest absolute Gasteiger partial charge is 0.350 e. The standard InChI is InChI=1S/C20H16ClN5O/c21-16-5-1-14(2-6-16)9-11-23-19(27)18-10-12-24-20(26-18)25-17-7-3-15(13-22)4-8-17/h1-8,10,12H,9,11H2,(H,23,27)(H,24,25,26). The van der Waals surface area contributed by atoms with Gasteiger partial charge in [0.05, 0.1) is 11.6 Å². The number of carbonyl (C=O) groups is 1. The molecule has 27 heavy (non-hydrogen) atoms. The number of halogens is 1. The number of nitrogens with one attached hydrogen (secondary N) is 2. The lowest BCUT2D eigenvalue weighted by atomic mass is 10.1. The van der Waals surface area contributed by atoms with Gasteiger partial charge < -0.3 is 10.6 Å². The molecule has 0 spiro atoms. The molecule has 0 saturated carbocycles. The average Bonchev–Trinajstić information content (AvgIpc) is 2.70. The van der Waals surface area contributed by atoms with Crippen LogP contribution >= 0.6 is 11.6 Å². The lowest BCUT2D eigenvalue weighted by molar-refractivity contribution is 0.0949. The molecule has 3 aromatic rings. The van der Waals surface area contributed by atoms with E-state index in [2.05, 4.69) is 26.7 Å². The summed E-state index contributed by atoms with van der Waals surface area (Å²) in [6.07, 6.45) is 2.22. The number of nitriles is 1. The Kier molecular flexibility index (Phi) is 5.98. The van der Waals surface area contributed by atoms with Gasteiger partial charge in [-0.05, 0) is 54.4 Å². The van der Waals surface area contributed by atoms with Gasteiger partial charge in [-0.2, -0.15) is 5.26 Å². The van der Waals surface area contributed by atoms with Gasteiger partial charge in [0.1, 0.15) is 5.69 Å². The van der Waals surface area contributed by atoms with E-state index in [0.717, 1.165) is 11.3 Å². The lowest BCUT2D eigenvalue weighted by Crippen LogP contribution is -2.26. The summed E-state index contributed by atoms with van der Waals surface area (Å²) in [6, 6.07) is 18.0. The quantitative estimate of drug-likeness (QED) is 0.683. The van der Waals surface area contributed by atoms with Crippen LogP contribution in [0.4, 0.5) is 11.6 Å². The van der Waals surface area contributed by atoms with Gasteiger partial charge in [0.2, 0.25) is 5.95 Å². The van der Waals surface area contributed by atoms with Crippen LogP contribution in [0.5, 0.6) is 0 Å².